The van der Waals surface area contributed by atoms with E-state index in [1.807, 2.05) is 12.3 Å². The van der Waals surface area contributed by atoms with Crippen LogP contribution in [-0.4, -0.2) is 11.6 Å². The summed E-state index contributed by atoms with van der Waals surface area (Å²) < 4.78 is 0. The van der Waals surface area contributed by atoms with Gasteiger partial charge in [0.15, 0.2) is 0 Å². The minimum atomic E-state index is 1.12. The van der Waals surface area contributed by atoms with E-state index >= 15 is 0 Å². The third kappa shape index (κ3) is 6.54. The molecule has 2 nitrogen and oxygen atoms in total. The second-order valence-electron chi connectivity index (χ2n) is 4.50. The number of hydrogen-bond acceptors (Lipinski definition) is 2. The van der Waals surface area contributed by atoms with Gasteiger partial charge >= 0.3 is 0 Å². The molecular weight excluding hydrogens is 196 g/mol. The van der Waals surface area contributed by atoms with Crippen molar-refractivity contribution in [1.29, 1.82) is 0 Å². The summed E-state index contributed by atoms with van der Waals surface area (Å²) in [6.45, 7) is 3.39. The molecule has 1 aliphatic heterocycles. The van der Waals surface area contributed by atoms with Gasteiger partial charge in [0.25, 0.3) is 0 Å². The fraction of sp³-hybridized carbons (Fsp3) is 0.714. The van der Waals surface area contributed by atoms with E-state index in [0.29, 0.717) is 0 Å². The van der Waals surface area contributed by atoms with E-state index in [2.05, 4.69) is 29.6 Å². The van der Waals surface area contributed by atoms with Crippen molar-refractivity contribution in [2.45, 2.75) is 58.3 Å². The number of nitrogens with zero attached hydrogens (tertiary/aromatic N) is 1. The van der Waals surface area contributed by atoms with Crippen LogP contribution in [0.1, 0.15) is 58.3 Å². The van der Waals surface area contributed by atoms with Gasteiger partial charge in [-0.1, -0.05) is 51.9 Å². The highest BCUT2D eigenvalue weighted by atomic mass is 15.5. The Kier molecular flexibility index (Phi) is 7.65. The Balaban J connectivity index is 1.81. The molecule has 0 atom stereocenters. The van der Waals surface area contributed by atoms with Gasteiger partial charge in [0, 0.05) is 18.9 Å². The number of rotatable bonds is 9. The number of nitrogens with one attached hydrogen (secondary N) is 1. The molecule has 0 saturated carbocycles. The molecule has 16 heavy (non-hydrogen) atoms. The average Bonchev–Trinajstić information content (AvgIpc) is 2.34. The molecule has 2 heteroatoms. The molecule has 0 spiro atoms. The van der Waals surface area contributed by atoms with Gasteiger partial charge in [-0.05, 0) is 18.6 Å². The van der Waals surface area contributed by atoms with Crippen LogP contribution in [0.4, 0.5) is 0 Å². The lowest BCUT2D eigenvalue weighted by Gasteiger charge is -2.21. The smallest absolute Gasteiger partial charge is 0.0386 e. The normalized spacial score (nSPS) is 14.2. The summed E-state index contributed by atoms with van der Waals surface area (Å²) >= 11 is 0. The molecule has 0 bridgehead atoms. The Morgan fingerprint density at radius 2 is 1.56 bits per heavy atom. The fourth-order valence-electron chi connectivity index (χ4n) is 1.95. The maximum Gasteiger partial charge on any atom is 0.0386 e. The molecule has 1 rings (SSSR count). The number of allylic oxidation sites excluding steroid dienone is 2. The van der Waals surface area contributed by atoms with Crippen LogP contribution in [0.2, 0.25) is 0 Å². The van der Waals surface area contributed by atoms with Gasteiger partial charge in [-0.3, -0.25) is 5.01 Å². The van der Waals surface area contributed by atoms with Gasteiger partial charge < -0.3 is 5.43 Å². The number of hydrazine groups is 1. The van der Waals surface area contributed by atoms with Crippen LogP contribution in [0.3, 0.4) is 0 Å². The van der Waals surface area contributed by atoms with Crippen LogP contribution in [0.15, 0.2) is 24.6 Å². The van der Waals surface area contributed by atoms with Crippen molar-refractivity contribution in [2.24, 2.45) is 0 Å². The summed E-state index contributed by atoms with van der Waals surface area (Å²) in [4.78, 5) is 0. The highest BCUT2D eigenvalue weighted by Crippen LogP contribution is 2.08. The molecule has 1 aliphatic rings. The Morgan fingerprint density at radius 1 is 0.875 bits per heavy atom. The van der Waals surface area contributed by atoms with Crippen molar-refractivity contribution in [3.8, 4) is 0 Å². The van der Waals surface area contributed by atoms with Crippen molar-refractivity contribution in [3.05, 3.63) is 24.6 Å². The molecule has 0 amide bonds. The molecule has 1 heterocycles. The van der Waals surface area contributed by atoms with E-state index in [9.17, 15) is 0 Å². The highest BCUT2D eigenvalue weighted by Gasteiger charge is 1.97. The summed E-state index contributed by atoms with van der Waals surface area (Å²) in [5, 5.41) is 2.15. The van der Waals surface area contributed by atoms with Gasteiger partial charge in [-0.15, -0.1) is 0 Å². The summed E-state index contributed by atoms with van der Waals surface area (Å²) in [6.07, 6.45) is 19.3. The molecule has 1 N–H and O–H groups in total. The minimum absolute atomic E-state index is 1.12. The molecule has 0 aliphatic carbocycles. The molecule has 0 saturated heterocycles. The Hall–Kier alpha value is -0.920. The summed E-state index contributed by atoms with van der Waals surface area (Å²) in [6, 6.07) is 0. The summed E-state index contributed by atoms with van der Waals surface area (Å²) in [5.41, 5.74) is 3.20. The van der Waals surface area contributed by atoms with Gasteiger partial charge in [-0.25, -0.2) is 0 Å². The average molecular weight is 222 g/mol. The Morgan fingerprint density at radius 3 is 2.19 bits per heavy atom. The zero-order valence-electron chi connectivity index (χ0n) is 10.6. The van der Waals surface area contributed by atoms with E-state index in [1.165, 1.54) is 51.4 Å². The van der Waals surface area contributed by atoms with Crippen molar-refractivity contribution in [3.63, 3.8) is 0 Å². The fourth-order valence-corrected chi connectivity index (χ4v) is 1.95. The van der Waals surface area contributed by atoms with Crippen molar-refractivity contribution >= 4 is 0 Å². The minimum Gasteiger partial charge on any atom is -0.306 e. The van der Waals surface area contributed by atoms with E-state index < -0.39 is 0 Å². The first-order valence-electron chi connectivity index (χ1n) is 6.79. The number of hydrogen-bond donors (Lipinski definition) is 1. The molecule has 92 valence electrons. The van der Waals surface area contributed by atoms with Crippen LogP contribution >= 0.6 is 0 Å². The second kappa shape index (κ2) is 9.32. The van der Waals surface area contributed by atoms with E-state index in [-0.39, 0.29) is 0 Å². The summed E-state index contributed by atoms with van der Waals surface area (Å²) in [7, 11) is 0. The SMILES string of the molecule is CCCCCCCCCCN1C=CC=CN1. The third-order valence-electron chi connectivity index (χ3n) is 2.97. The van der Waals surface area contributed by atoms with Crippen LogP contribution < -0.4 is 5.43 Å². The molecular formula is C14H26N2. The van der Waals surface area contributed by atoms with Gasteiger partial charge in [0.2, 0.25) is 0 Å². The van der Waals surface area contributed by atoms with E-state index in [4.69, 9.17) is 0 Å². The lowest BCUT2D eigenvalue weighted by Crippen LogP contribution is -2.31. The van der Waals surface area contributed by atoms with Crippen LogP contribution in [0.5, 0.6) is 0 Å². The topological polar surface area (TPSA) is 15.3 Å². The first-order chi connectivity index (χ1) is 7.93. The van der Waals surface area contributed by atoms with Crippen molar-refractivity contribution in [2.75, 3.05) is 6.54 Å². The molecule has 0 radical (unpaired) electrons. The maximum absolute atomic E-state index is 3.20. The molecule has 0 aromatic carbocycles. The zero-order valence-corrected chi connectivity index (χ0v) is 10.6. The van der Waals surface area contributed by atoms with Crippen LogP contribution in [-0.2, 0) is 0 Å². The molecule has 0 fully saturated rings. The largest absolute Gasteiger partial charge is 0.306 e. The van der Waals surface area contributed by atoms with Crippen molar-refractivity contribution in [1.82, 2.24) is 10.4 Å². The van der Waals surface area contributed by atoms with Crippen molar-refractivity contribution < 1.29 is 0 Å². The number of unbranched alkanes of at least 4 members (excludes halogenated alkanes) is 7. The lowest BCUT2D eigenvalue weighted by molar-refractivity contribution is 0.303. The van der Waals surface area contributed by atoms with E-state index in [0.717, 1.165) is 6.54 Å². The highest BCUT2D eigenvalue weighted by molar-refractivity contribution is 5.04. The first-order valence-corrected chi connectivity index (χ1v) is 6.79. The third-order valence-corrected chi connectivity index (χ3v) is 2.97. The Bertz CT molecular complexity index is 209. The predicted octanol–water partition coefficient (Wildman–Crippen LogP) is 3.97. The predicted molar refractivity (Wildman–Crippen MR) is 70.7 cm³/mol. The quantitative estimate of drug-likeness (QED) is 0.594. The Labute approximate surface area is 100 Å². The second-order valence-corrected chi connectivity index (χ2v) is 4.50. The standard InChI is InChI=1S/C14H26N2/c1-2-3-4-5-6-7-8-10-13-16-14-11-9-12-15-16/h9,11-12,14-15H,2-8,10,13H2,1H3. The molecule has 0 aromatic heterocycles. The van der Waals surface area contributed by atoms with Gasteiger partial charge in [-0.2, -0.15) is 0 Å². The van der Waals surface area contributed by atoms with Gasteiger partial charge in [0.05, 0.1) is 0 Å². The van der Waals surface area contributed by atoms with E-state index in [1.54, 1.807) is 0 Å². The molecule has 0 aromatic rings. The van der Waals surface area contributed by atoms with Crippen LogP contribution in [0, 0.1) is 0 Å². The monoisotopic (exact) mass is 222 g/mol. The molecule has 0 unspecified atom stereocenters. The summed E-state index contributed by atoms with van der Waals surface area (Å²) in [5.74, 6) is 0. The first kappa shape index (κ1) is 13.1. The maximum atomic E-state index is 3.20. The van der Waals surface area contributed by atoms with Crippen LogP contribution in [0.25, 0.3) is 0 Å². The lowest BCUT2D eigenvalue weighted by atomic mass is 10.1. The van der Waals surface area contributed by atoms with Gasteiger partial charge in [0.1, 0.15) is 0 Å². The zero-order chi connectivity index (χ0) is 11.5.